The van der Waals surface area contributed by atoms with E-state index in [-0.39, 0.29) is 47.4 Å². The van der Waals surface area contributed by atoms with Crippen LogP contribution in [0.3, 0.4) is 0 Å². The van der Waals surface area contributed by atoms with Gasteiger partial charge in [0.05, 0.1) is 16.4 Å². The topological polar surface area (TPSA) is 127 Å². The van der Waals surface area contributed by atoms with Gasteiger partial charge in [-0.1, -0.05) is 29.8 Å². The first-order valence-corrected chi connectivity index (χ1v) is 14.5. The number of hydrogen-bond acceptors (Lipinski definition) is 5. The summed E-state index contributed by atoms with van der Waals surface area (Å²) in [5, 5.41) is 3.67. The molecule has 0 saturated carbocycles. The maximum atomic E-state index is 15.1. The molecule has 4 aromatic rings. The first kappa shape index (κ1) is 33.8. The maximum Gasteiger partial charge on any atom is 0.403 e. The lowest BCUT2D eigenvalue weighted by Crippen LogP contribution is -2.37. The molecule has 2 aromatic carbocycles. The number of aryl methyl sites for hydroxylation is 1. The Morgan fingerprint density at radius 1 is 1.18 bits per heavy atom. The molecule has 4 rings (SSSR count). The van der Waals surface area contributed by atoms with Gasteiger partial charge in [0, 0.05) is 36.3 Å². The molecule has 0 fully saturated rings. The second-order valence-electron chi connectivity index (χ2n) is 10.5. The highest BCUT2D eigenvalue weighted by Gasteiger charge is 2.35. The summed E-state index contributed by atoms with van der Waals surface area (Å²) in [6.45, 7) is 3.90. The minimum atomic E-state index is -4.49. The van der Waals surface area contributed by atoms with Crippen LogP contribution < -0.4 is 22.5 Å². The maximum absolute atomic E-state index is 15.1. The number of nitrogens with two attached hydrogens (primary N) is 2. The predicted molar refractivity (Wildman–Crippen MR) is 167 cm³/mol. The first-order valence-electron chi connectivity index (χ1n) is 14.1. The van der Waals surface area contributed by atoms with Crippen molar-refractivity contribution in [2.24, 2.45) is 16.5 Å². The number of halogens is 6. The number of aliphatic imine (C=N–C) groups is 1. The SMILES string of the molecule is C=CC(CCN=C(N)CF)NCc1ccc(-n2cc3cc(-c4cc(CCC[C@@H](N)C(F)(F)F)cc(Cl)c4F)[nH]c3nc2=O)cc1. The zero-order chi connectivity index (χ0) is 32.7. The van der Waals surface area contributed by atoms with Gasteiger partial charge in [0.15, 0.2) is 5.82 Å². The van der Waals surface area contributed by atoms with E-state index in [2.05, 4.69) is 26.9 Å². The molecule has 0 saturated heterocycles. The Bertz CT molecular complexity index is 1720. The number of alkyl halides is 4. The molecule has 14 heteroatoms. The summed E-state index contributed by atoms with van der Waals surface area (Å²) in [5.41, 5.74) is 12.7. The van der Waals surface area contributed by atoms with Gasteiger partial charge in [0.25, 0.3) is 0 Å². The van der Waals surface area contributed by atoms with Crippen LogP contribution in [-0.2, 0) is 13.0 Å². The summed E-state index contributed by atoms with van der Waals surface area (Å²) in [6, 6.07) is 9.74. The van der Waals surface area contributed by atoms with E-state index < -0.39 is 30.4 Å². The molecular weight excluding hydrogens is 617 g/mol. The van der Waals surface area contributed by atoms with Gasteiger partial charge in [-0.2, -0.15) is 18.2 Å². The number of nitrogens with one attached hydrogen (secondary N) is 2. The summed E-state index contributed by atoms with van der Waals surface area (Å²) in [4.78, 5) is 23.9. The van der Waals surface area contributed by atoms with Crippen LogP contribution in [0.1, 0.15) is 30.4 Å². The minimum Gasteiger partial charge on any atom is -0.385 e. The van der Waals surface area contributed by atoms with Gasteiger partial charge in [-0.25, -0.2) is 13.6 Å². The van der Waals surface area contributed by atoms with Crippen molar-refractivity contribution in [2.75, 3.05) is 13.2 Å². The second kappa shape index (κ2) is 14.8. The van der Waals surface area contributed by atoms with Gasteiger partial charge in [-0.15, -0.1) is 6.58 Å². The van der Waals surface area contributed by atoms with Crippen molar-refractivity contribution in [3.63, 3.8) is 0 Å². The largest absolute Gasteiger partial charge is 0.403 e. The molecule has 8 nitrogen and oxygen atoms in total. The van der Waals surface area contributed by atoms with E-state index >= 15 is 4.39 Å². The van der Waals surface area contributed by atoms with Gasteiger partial charge in [-0.3, -0.25) is 9.56 Å². The van der Waals surface area contributed by atoms with Gasteiger partial charge < -0.3 is 21.8 Å². The van der Waals surface area contributed by atoms with E-state index in [1.807, 2.05) is 12.1 Å². The monoisotopic (exact) mass is 649 g/mol. The van der Waals surface area contributed by atoms with Crippen LogP contribution in [0.4, 0.5) is 22.0 Å². The van der Waals surface area contributed by atoms with Crippen LogP contribution in [-0.4, -0.2) is 51.9 Å². The average molecular weight is 650 g/mol. The number of aromatic nitrogens is 3. The molecule has 2 aromatic heterocycles. The molecule has 45 heavy (non-hydrogen) atoms. The van der Waals surface area contributed by atoms with Gasteiger partial charge in [-0.05, 0) is 67.1 Å². The number of rotatable bonds is 14. The molecule has 1 unspecified atom stereocenters. The number of aromatic amines is 1. The third-order valence-corrected chi connectivity index (χ3v) is 7.52. The number of H-pyrrole nitrogens is 1. The fourth-order valence-electron chi connectivity index (χ4n) is 4.72. The van der Waals surface area contributed by atoms with E-state index in [4.69, 9.17) is 23.1 Å². The highest BCUT2D eigenvalue weighted by molar-refractivity contribution is 6.31. The lowest BCUT2D eigenvalue weighted by Gasteiger charge is -2.15. The van der Waals surface area contributed by atoms with E-state index in [1.165, 1.54) is 16.7 Å². The van der Waals surface area contributed by atoms with Crippen molar-refractivity contribution >= 4 is 28.5 Å². The van der Waals surface area contributed by atoms with Crippen LogP contribution in [0, 0.1) is 5.82 Å². The third kappa shape index (κ3) is 8.77. The quantitative estimate of drug-likeness (QED) is 0.0599. The van der Waals surface area contributed by atoms with Crippen LogP contribution >= 0.6 is 11.6 Å². The van der Waals surface area contributed by atoms with Crippen molar-refractivity contribution in [1.29, 1.82) is 0 Å². The van der Waals surface area contributed by atoms with Gasteiger partial charge in [0.1, 0.15) is 24.2 Å². The van der Waals surface area contributed by atoms with E-state index in [0.29, 0.717) is 41.8 Å². The van der Waals surface area contributed by atoms with Crippen molar-refractivity contribution in [2.45, 2.75) is 50.5 Å². The molecule has 0 aliphatic rings. The third-order valence-electron chi connectivity index (χ3n) is 7.25. The van der Waals surface area contributed by atoms with Crippen molar-refractivity contribution < 1.29 is 22.0 Å². The summed E-state index contributed by atoms with van der Waals surface area (Å²) in [7, 11) is 0. The smallest absolute Gasteiger partial charge is 0.385 e. The van der Waals surface area contributed by atoms with Crippen molar-refractivity contribution in [3.8, 4) is 16.9 Å². The van der Waals surface area contributed by atoms with Crippen LogP contribution in [0.15, 0.2) is 71.1 Å². The lowest BCUT2D eigenvalue weighted by atomic mass is 10.0. The standard InChI is InChI=1S/C31H33ClF5N7O/c1-2-21(10-11-40-27(39)15-33)41-16-18-6-8-22(9-7-18)44-17-20-14-25(42-29(20)43-30(44)45)23-12-19(13-24(32)28(23)34)4-3-5-26(38)31(35,36)37/h2,6-9,12-14,17,21,26,41H,1,3-5,10-11,15-16,38H2,(H2,39,40)(H,42,43,45)/t21?,26-/m1/s1. The molecule has 2 heterocycles. The molecule has 0 amide bonds. The summed E-state index contributed by atoms with van der Waals surface area (Å²) in [5.74, 6) is -0.756. The fourth-order valence-corrected chi connectivity index (χ4v) is 4.96. The van der Waals surface area contributed by atoms with E-state index in [0.717, 1.165) is 5.56 Å². The molecule has 6 N–H and O–H groups in total. The highest BCUT2D eigenvalue weighted by Crippen LogP contribution is 2.32. The Morgan fingerprint density at radius 2 is 1.91 bits per heavy atom. The van der Waals surface area contributed by atoms with Crippen molar-refractivity contribution in [1.82, 2.24) is 19.9 Å². The summed E-state index contributed by atoms with van der Waals surface area (Å²) in [6.07, 6.45) is -0.506. The van der Waals surface area contributed by atoms with Crippen LogP contribution in [0.25, 0.3) is 28.0 Å². The Hall–Kier alpha value is -4.07. The molecule has 0 radical (unpaired) electrons. The van der Waals surface area contributed by atoms with Crippen molar-refractivity contribution in [3.05, 3.63) is 93.8 Å². The van der Waals surface area contributed by atoms with E-state index in [1.54, 1.807) is 30.5 Å². The first-order chi connectivity index (χ1) is 21.4. The fraction of sp³-hybridized carbons (Fsp3) is 0.323. The number of nitrogens with zero attached hydrogens (tertiary/aromatic N) is 3. The Morgan fingerprint density at radius 3 is 2.58 bits per heavy atom. The van der Waals surface area contributed by atoms with Crippen LogP contribution in [0.5, 0.6) is 0 Å². The second-order valence-corrected chi connectivity index (χ2v) is 11.0. The number of fused-ring (bicyclic) bond motifs is 1. The molecule has 0 aliphatic carbocycles. The molecular formula is C31H33ClF5N7O. The predicted octanol–water partition coefficient (Wildman–Crippen LogP) is 5.75. The normalized spacial score (nSPS) is 13.7. The lowest BCUT2D eigenvalue weighted by molar-refractivity contribution is -0.149. The Kier molecular flexibility index (Phi) is 11.1. The van der Waals surface area contributed by atoms with E-state index in [9.17, 15) is 22.4 Å². The van der Waals surface area contributed by atoms with Crippen LogP contribution in [0.2, 0.25) is 5.02 Å². The minimum absolute atomic E-state index is 0.0414. The van der Waals surface area contributed by atoms with Gasteiger partial charge >= 0.3 is 11.9 Å². The Balaban J connectivity index is 1.49. The molecule has 240 valence electrons. The zero-order valence-corrected chi connectivity index (χ0v) is 24.9. The summed E-state index contributed by atoms with van der Waals surface area (Å²) < 4.78 is 67.1. The number of benzene rings is 2. The molecule has 0 bridgehead atoms. The highest BCUT2D eigenvalue weighted by atomic mass is 35.5. The number of amidine groups is 1. The Labute approximate surface area is 261 Å². The average Bonchev–Trinajstić information content (AvgIpc) is 3.42. The number of hydrogen-bond donors (Lipinski definition) is 4. The van der Waals surface area contributed by atoms with Gasteiger partial charge in [0.2, 0.25) is 0 Å². The summed E-state index contributed by atoms with van der Waals surface area (Å²) >= 11 is 6.12. The molecule has 0 spiro atoms. The molecule has 0 aliphatic heterocycles. The molecule has 2 atom stereocenters. The zero-order valence-electron chi connectivity index (χ0n) is 24.2.